The van der Waals surface area contributed by atoms with Gasteiger partial charge in [0.15, 0.2) is 6.61 Å². The molecule has 0 unspecified atom stereocenters. The minimum atomic E-state index is -1.04. The quantitative estimate of drug-likeness (QED) is 0.481. The van der Waals surface area contributed by atoms with E-state index in [-0.39, 0.29) is 17.1 Å². The number of nitrogens with one attached hydrogen (secondary N) is 1. The van der Waals surface area contributed by atoms with E-state index in [0.29, 0.717) is 5.56 Å². The van der Waals surface area contributed by atoms with E-state index >= 15 is 0 Å². The van der Waals surface area contributed by atoms with E-state index in [1.807, 2.05) is 0 Å². The molecule has 0 bridgehead atoms. The van der Waals surface area contributed by atoms with E-state index in [4.69, 9.17) is 16.3 Å². The predicted molar refractivity (Wildman–Crippen MR) is 86.6 cm³/mol. The fourth-order valence-corrected chi connectivity index (χ4v) is 2.07. The highest BCUT2D eigenvalue weighted by molar-refractivity contribution is 6.31. The smallest absolute Gasteiger partial charge is 0.345 e. The molecule has 0 aliphatic carbocycles. The van der Waals surface area contributed by atoms with E-state index < -0.39 is 34.9 Å². The maximum absolute atomic E-state index is 12.8. The zero-order chi connectivity index (χ0) is 18.4. The third-order valence-electron chi connectivity index (χ3n) is 3.11. The summed E-state index contributed by atoms with van der Waals surface area (Å²) >= 11 is 5.72. The molecule has 0 aromatic heterocycles. The van der Waals surface area contributed by atoms with Crippen LogP contribution in [-0.2, 0) is 16.1 Å². The molecule has 1 amide bonds. The van der Waals surface area contributed by atoms with E-state index in [2.05, 4.69) is 5.32 Å². The van der Waals surface area contributed by atoms with E-state index in [0.717, 1.165) is 12.1 Å². The first kappa shape index (κ1) is 18.3. The predicted octanol–water partition coefficient (Wildman–Crippen LogP) is 2.86. The molecule has 0 atom stereocenters. The second-order valence-corrected chi connectivity index (χ2v) is 5.33. The maximum Gasteiger partial charge on any atom is 0.345 e. The second-order valence-electron chi connectivity index (χ2n) is 4.90. The molecule has 0 saturated heterocycles. The molecule has 0 spiro atoms. The number of nitro benzene ring substituents is 1. The summed E-state index contributed by atoms with van der Waals surface area (Å²) in [4.78, 5) is 33.8. The van der Waals surface area contributed by atoms with Crippen LogP contribution >= 0.6 is 11.6 Å². The molecule has 9 heteroatoms. The first-order chi connectivity index (χ1) is 11.9. The van der Waals surface area contributed by atoms with Crippen LogP contribution in [0, 0.1) is 15.9 Å². The number of carbonyl (C=O) groups excluding carboxylic acids is 2. The van der Waals surface area contributed by atoms with E-state index in [9.17, 15) is 24.1 Å². The Bertz CT molecular complexity index is 811. The first-order valence-electron chi connectivity index (χ1n) is 6.99. The summed E-state index contributed by atoms with van der Waals surface area (Å²) in [5, 5.41) is 13.5. The number of ether oxygens (including phenoxy) is 1. The molecular formula is C16H12ClFN2O5. The highest BCUT2D eigenvalue weighted by atomic mass is 35.5. The minimum Gasteiger partial charge on any atom is -0.452 e. The molecule has 2 aromatic rings. The number of hydrogen-bond acceptors (Lipinski definition) is 5. The lowest BCUT2D eigenvalue weighted by Gasteiger charge is -2.07. The van der Waals surface area contributed by atoms with E-state index in [1.54, 1.807) is 0 Å². The van der Waals surface area contributed by atoms with Crippen molar-refractivity contribution in [2.75, 3.05) is 6.61 Å². The molecule has 2 rings (SSSR count). The summed E-state index contributed by atoms with van der Waals surface area (Å²) in [6.07, 6.45) is 0. The summed E-state index contributed by atoms with van der Waals surface area (Å²) < 4.78 is 17.5. The Labute approximate surface area is 146 Å². The Hall–Kier alpha value is -3.00. The molecule has 0 fully saturated rings. The molecule has 7 nitrogen and oxygen atoms in total. The normalized spacial score (nSPS) is 10.2. The van der Waals surface area contributed by atoms with Crippen LogP contribution in [0.3, 0.4) is 0 Å². The summed E-state index contributed by atoms with van der Waals surface area (Å²) in [6, 6.07) is 8.94. The highest BCUT2D eigenvalue weighted by Crippen LogP contribution is 2.23. The van der Waals surface area contributed by atoms with Gasteiger partial charge in [0.2, 0.25) is 0 Å². The number of benzene rings is 2. The van der Waals surface area contributed by atoms with Crippen LogP contribution in [0.5, 0.6) is 0 Å². The molecule has 25 heavy (non-hydrogen) atoms. The SMILES string of the molecule is O=C(COC(=O)c1cc(Cl)ccc1[N+](=O)[O-])NCc1ccc(F)cc1. The third-order valence-corrected chi connectivity index (χ3v) is 3.35. The Morgan fingerprint density at radius 3 is 2.52 bits per heavy atom. The average molecular weight is 367 g/mol. The molecule has 0 heterocycles. The van der Waals surface area contributed by atoms with Crippen LogP contribution in [0.25, 0.3) is 0 Å². The van der Waals surface area contributed by atoms with Crippen LogP contribution in [0.15, 0.2) is 42.5 Å². The number of rotatable bonds is 6. The van der Waals surface area contributed by atoms with Gasteiger partial charge < -0.3 is 10.1 Å². The van der Waals surface area contributed by atoms with Crippen LogP contribution in [0.2, 0.25) is 5.02 Å². The second kappa shape index (κ2) is 8.20. The van der Waals surface area contributed by atoms with Crippen LogP contribution < -0.4 is 5.32 Å². The number of nitrogens with zero attached hydrogens (tertiary/aromatic N) is 1. The standard InChI is InChI=1S/C16H12ClFN2O5/c17-11-3-6-14(20(23)24)13(7-11)16(22)25-9-15(21)19-8-10-1-4-12(18)5-2-10/h1-7H,8-9H2,(H,19,21). The van der Waals surface area contributed by atoms with Crippen molar-refractivity contribution in [1.82, 2.24) is 5.32 Å². The fraction of sp³-hybridized carbons (Fsp3) is 0.125. The van der Waals surface area contributed by atoms with Crippen molar-refractivity contribution in [3.05, 3.63) is 74.5 Å². The molecule has 0 aliphatic heterocycles. The summed E-state index contributed by atoms with van der Waals surface area (Å²) in [5.41, 5.74) is -0.156. The zero-order valence-corrected chi connectivity index (χ0v) is 13.5. The van der Waals surface area contributed by atoms with Gasteiger partial charge in [-0.25, -0.2) is 9.18 Å². The number of amides is 1. The largest absolute Gasteiger partial charge is 0.452 e. The monoisotopic (exact) mass is 366 g/mol. The Morgan fingerprint density at radius 1 is 1.20 bits per heavy atom. The summed E-state index contributed by atoms with van der Waals surface area (Å²) in [6.45, 7) is -0.502. The third kappa shape index (κ3) is 5.25. The molecule has 0 saturated carbocycles. The van der Waals surface area contributed by atoms with Gasteiger partial charge in [-0.1, -0.05) is 23.7 Å². The van der Waals surface area contributed by atoms with Gasteiger partial charge in [0.1, 0.15) is 11.4 Å². The van der Waals surface area contributed by atoms with Crippen molar-refractivity contribution in [1.29, 1.82) is 0 Å². The van der Waals surface area contributed by atoms with Gasteiger partial charge in [-0.3, -0.25) is 14.9 Å². The van der Waals surface area contributed by atoms with Crippen molar-refractivity contribution in [2.45, 2.75) is 6.54 Å². The number of hydrogen-bond donors (Lipinski definition) is 1. The summed E-state index contributed by atoms with van der Waals surface area (Å²) in [5.74, 6) is -2.04. The maximum atomic E-state index is 12.8. The van der Waals surface area contributed by atoms with Crippen LogP contribution in [0.1, 0.15) is 15.9 Å². The van der Waals surface area contributed by atoms with Gasteiger partial charge in [0, 0.05) is 17.6 Å². The van der Waals surface area contributed by atoms with Gasteiger partial charge in [0.25, 0.3) is 11.6 Å². The van der Waals surface area contributed by atoms with E-state index in [1.165, 1.54) is 30.3 Å². The van der Waals surface area contributed by atoms with Gasteiger partial charge in [-0.15, -0.1) is 0 Å². The molecule has 0 aliphatic rings. The first-order valence-corrected chi connectivity index (χ1v) is 7.37. The number of halogens is 2. The molecule has 130 valence electrons. The van der Waals surface area contributed by atoms with Crippen molar-refractivity contribution < 1.29 is 23.6 Å². The van der Waals surface area contributed by atoms with Crippen molar-refractivity contribution in [3.8, 4) is 0 Å². The highest BCUT2D eigenvalue weighted by Gasteiger charge is 2.22. The topological polar surface area (TPSA) is 98.5 Å². The molecule has 0 radical (unpaired) electrons. The number of nitro groups is 1. The molecule has 2 aromatic carbocycles. The Balaban J connectivity index is 1.91. The van der Waals surface area contributed by atoms with Gasteiger partial charge in [0.05, 0.1) is 4.92 Å². The lowest BCUT2D eigenvalue weighted by atomic mass is 10.2. The van der Waals surface area contributed by atoms with Gasteiger partial charge in [-0.2, -0.15) is 0 Å². The summed E-state index contributed by atoms with van der Waals surface area (Å²) in [7, 11) is 0. The van der Waals surface area contributed by atoms with Gasteiger partial charge >= 0.3 is 5.97 Å². The van der Waals surface area contributed by atoms with Crippen molar-refractivity contribution >= 4 is 29.2 Å². The Morgan fingerprint density at radius 2 is 1.88 bits per heavy atom. The molecular weight excluding hydrogens is 355 g/mol. The van der Waals surface area contributed by atoms with Crippen LogP contribution in [0.4, 0.5) is 10.1 Å². The van der Waals surface area contributed by atoms with Crippen molar-refractivity contribution in [3.63, 3.8) is 0 Å². The molecule has 1 N–H and O–H groups in total. The fourth-order valence-electron chi connectivity index (χ4n) is 1.89. The van der Waals surface area contributed by atoms with Gasteiger partial charge in [-0.05, 0) is 29.8 Å². The van der Waals surface area contributed by atoms with Crippen LogP contribution in [-0.4, -0.2) is 23.4 Å². The number of esters is 1. The zero-order valence-electron chi connectivity index (χ0n) is 12.7. The Kier molecular flexibility index (Phi) is 6.02. The minimum absolute atomic E-state index is 0.119. The number of carbonyl (C=O) groups is 2. The lowest BCUT2D eigenvalue weighted by Crippen LogP contribution is -2.28. The van der Waals surface area contributed by atoms with Crippen molar-refractivity contribution in [2.24, 2.45) is 0 Å². The lowest BCUT2D eigenvalue weighted by molar-refractivity contribution is -0.385. The average Bonchev–Trinajstić information content (AvgIpc) is 2.58.